The van der Waals surface area contributed by atoms with Crippen molar-refractivity contribution >= 4 is 12.0 Å². The molecule has 1 aliphatic rings. The largest absolute Gasteiger partial charge is 0.497 e. The summed E-state index contributed by atoms with van der Waals surface area (Å²) >= 11 is 0. The number of rotatable bonds is 10. The summed E-state index contributed by atoms with van der Waals surface area (Å²) in [7, 11) is 1.63. The summed E-state index contributed by atoms with van der Waals surface area (Å²) in [6.07, 6.45) is 1.67. The summed E-state index contributed by atoms with van der Waals surface area (Å²) in [4.78, 5) is 15.5. The van der Waals surface area contributed by atoms with Gasteiger partial charge >= 0.3 is 5.97 Å². The normalized spacial score (nSPS) is 16.3. The number of methoxy groups -OCH3 is 1. The van der Waals surface area contributed by atoms with E-state index >= 15 is 0 Å². The number of esters is 1. The number of nitrogens with zero attached hydrogens (tertiary/aromatic N) is 4. The molecule has 1 fully saturated rings. The highest BCUT2D eigenvalue weighted by atomic mass is 16.5. The molecule has 0 radical (unpaired) electrons. The van der Waals surface area contributed by atoms with E-state index in [9.17, 15) is 9.90 Å². The van der Waals surface area contributed by atoms with Gasteiger partial charge < -0.3 is 14.6 Å². The van der Waals surface area contributed by atoms with Crippen molar-refractivity contribution in [3.05, 3.63) is 154 Å². The molecule has 0 aliphatic carbocycles. The van der Waals surface area contributed by atoms with Crippen LogP contribution in [0.4, 0.5) is 0 Å². The molecule has 1 saturated heterocycles. The van der Waals surface area contributed by atoms with Gasteiger partial charge in [0.25, 0.3) is 0 Å². The van der Waals surface area contributed by atoms with Crippen LogP contribution in [0.5, 0.6) is 5.75 Å². The van der Waals surface area contributed by atoms with Gasteiger partial charge in [-0.05, 0) is 59.4 Å². The Labute approximate surface area is 269 Å². The number of hydrogen-bond donors (Lipinski definition) is 1. The Balaban J connectivity index is 1.47. The van der Waals surface area contributed by atoms with Gasteiger partial charge in [0.1, 0.15) is 5.75 Å². The Kier molecular flexibility index (Phi) is 9.38. The van der Waals surface area contributed by atoms with Crippen molar-refractivity contribution in [2.75, 3.05) is 26.8 Å². The highest BCUT2D eigenvalue weighted by Crippen LogP contribution is 2.44. The summed E-state index contributed by atoms with van der Waals surface area (Å²) < 4.78 is 12.4. The van der Waals surface area contributed by atoms with Gasteiger partial charge in [0.05, 0.1) is 37.6 Å². The molecule has 1 aliphatic heterocycles. The minimum atomic E-state index is -0.712. The van der Waals surface area contributed by atoms with Gasteiger partial charge in [0.2, 0.25) is 0 Å². The van der Waals surface area contributed by atoms with Crippen molar-refractivity contribution in [2.24, 2.45) is 0 Å². The molecule has 234 valence electrons. The van der Waals surface area contributed by atoms with Crippen LogP contribution in [0.25, 0.3) is 6.08 Å². The number of aromatic nitrogens is 3. The molecule has 1 aromatic heterocycles. The molecular weight excluding hydrogens is 576 g/mol. The maximum absolute atomic E-state index is 13.1. The second kappa shape index (κ2) is 13.9. The van der Waals surface area contributed by atoms with Gasteiger partial charge in [-0.15, -0.1) is 5.10 Å². The number of ether oxygens (including phenoxy) is 2. The third-order valence-electron chi connectivity index (χ3n) is 8.58. The van der Waals surface area contributed by atoms with Crippen LogP contribution in [-0.2, 0) is 16.8 Å². The first-order chi connectivity index (χ1) is 22.5. The van der Waals surface area contributed by atoms with Gasteiger partial charge in [0.15, 0.2) is 5.69 Å². The van der Waals surface area contributed by atoms with E-state index in [2.05, 4.69) is 88.0 Å². The average Bonchev–Trinajstić information content (AvgIpc) is 3.50. The Morgan fingerprint density at radius 1 is 0.891 bits per heavy atom. The first-order valence-corrected chi connectivity index (χ1v) is 15.6. The molecule has 8 nitrogen and oxygen atoms in total. The fourth-order valence-corrected chi connectivity index (χ4v) is 6.39. The first kappa shape index (κ1) is 31.0. The third-order valence-corrected chi connectivity index (χ3v) is 8.58. The highest BCUT2D eigenvalue weighted by Gasteiger charge is 2.44. The molecule has 1 atom stereocenters. The van der Waals surface area contributed by atoms with Crippen LogP contribution in [0.1, 0.15) is 51.8 Å². The van der Waals surface area contributed by atoms with E-state index in [0.717, 1.165) is 33.6 Å². The van der Waals surface area contributed by atoms with Gasteiger partial charge in [-0.2, -0.15) is 0 Å². The van der Waals surface area contributed by atoms with Crippen molar-refractivity contribution in [2.45, 2.75) is 31.5 Å². The summed E-state index contributed by atoms with van der Waals surface area (Å²) in [5.41, 5.74) is 5.08. The van der Waals surface area contributed by atoms with Crippen LogP contribution >= 0.6 is 0 Å². The van der Waals surface area contributed by atoms with Gasteiger partial charge in [0, 0.05) is 13.1 Å². The van der Waals surface area contributed by atoms with Crippen molar-refractivity contribution in [1.29, 1.82) is 0 Å². The van der Waals surface area contributed by atoms with Crippen molar-refractivity contribution in [3.63, 3.8) is 0 Å². The molecule has 0 spiro atoms. The third kappa shape index (κ3) is 6.09. The van der Waals surface area contributed by atoms with Crippen LogP contribution in [0, 0.1) is 0 Å². The smallest absolute Gasteiger partial charge is 0.361 e. The lowest BCUT2D eigenvalue weighted by Gasteiger charge is -2.48. The number of carbonyl (C=O) groups excluding carboxylic acids is 1. The van der Waals surface area contributed by atoms with Crippen LogP contribution < -0.4 is 4.74 Å². The fourth-order valence-electron chi connectivity index (χ4n) is 6.39. The molecule has 2 heterocycles. The summed E-state index contributed by atoms with van der Waals surface area (Å²) in [5, 5.41) is 20.1. The van der Waals surface area contributed by atoms with Crippen LogP contribution in [0.15, 0.2) is 121 Å². The zero-order valence-electron chi connectivity index (χ0n) is 26.1. The number of piperidine rings is 1. The number of likely N-dealkylation sites (tertiary alicyclic amines) is 1. The summed E-state index contributed by atoms with van der Waals surface area (Å²) in [6, 6.07) is 39.2. The molecule has 0 bridgehead atoms. The molecular formula is C38H38N4O4. The van der Waals surface area contributed by atoms with Gasteiger partial charge in [-0.1, -0.05) is 108 Å². The molecule has 0 amide bonds. The Morgan fingerprint density at radius 3 is 1.98 bits per heavy atom. The molecule has 6 rings (SSSR count). The van der Waals surface area contributed by atoms with E-state index < -0.39 is 17.6 Å². The standard InChI is InChI=1S/C38H38N4O4/c1-3-46-37(44)36-34(42(40-39-36)26-28-19-21-33(45-2)22-20-28)25-29-27-41(24-23-35(29)43)38(30-13-7-4-8-14-30,31-15-9-5-10-16-31)32-17-11-6-12-18-32/h4-22,25,35,43H,3,23-24,26-27H2,1-2H3/b29-25+. The van der Waals surface area contributed by atoms with Gasteiger partial charge in [-0.25, -0.2) is 9.48 Å². The minimum Gasteiger partial charge on any atom is -0.497 e. The number of hydrogen-bond acceptors (Lipinski definition) is 7. The Hall–Kier alpha value is -5.05. The summed E-state index contributed by atoms with van der Waals surface area (Å²) in [6.45, 7) is 3.43. The molecule has 8 heteroatoms. The van der Waals surface area contributed by atoms with Crippen molar-refractivity contribution in [3.8, 4) is 5.75 Å². The number of aliphatic hydroxyl groups excluding tert-OH is 1. The fraction of sp³-hybridized carbons (Fsp3) is 0.237. The molecule has 0 saturated carbocycles. The predicted molar refractivity (Wildman–Crippen MR) is 177 cm³/mol. The minimum absolute atomic E-state index is 0.118. The van der Waals surface area contributed by atoms with E-state index in [4.69, 9.17) is 9.47 Å². The maximum atomic E-state index is 13.1. The molecule has 1 N–H and O–H groups in total. The Morgan fingerprint density at radius 2 is 1.46 bits per heavy atom. The van der Waals surface area contributed by atoms with Crippen LogP contribution in [-0.4, -0.2) is 63.9 Å². The lowest BCUT2D eigenvalue weighted by molar-refractivity contribution is 0.0519. The molecule has 1 unspecified atom stereocenters. The van der Waals surface area contributed by atoms with E-state index in [0.29, 0.717) is 31.7 Å². The quantitative estimate of drug-likeness (QED) is 0.154. The lowest BCUT2D eigenvalue weighted by atomic mass is 9.74. The van der Waals surface area contributed by atoms with E-state index in [1.165, 1.54) is 0 Å². The first-order valence-electron chi connectivity index (χ1n) is 15.6. The zero-order valence-corrected chi connectivity index (χ0v) is 26.1. The predicted octanol–water partition coefficient (Wildman–Crippen LogP) is 5.95. The zero-order chi connectivity index (χ0) is 31.9. The number of aliphatic hydroxyl groups is 1. The highest BCUT2D eigenvalue weighted by molar-refractivity contribution is 5.91. The monoisotopic (exact) mass is 614 g/mol. The summed E-state index contributed by atoms with van der Waals surface area (Å²) in [5.74, 6) is 0.200. The Bertz CT molecular complexity index is 1670. The van der Waals surface area contributed by atoms with Crippen molar-refractivity contribution < 1.29 is 19.4 Å². The topological polar surface area (TPSA) is 89.7 Å². The van der Waals surface area contributed by atoms with Crippen molar-refractivity contribution in [1.82, 2.24) is 19.9 Å². The van der Waals surface area contributed by atoms with E-state index in [1.54, 1.807) is 18.7 Å². The number of carbonyl (C=O) groups is 1. The molecule has 4 aromatic carbocycles. The maximum Gasteiger partial charge on any atom is 0.361 e. The second-order valence-corrected chi connectivity index (χ2v) is 11.3. The van der Waals surface area contributed by atoms with Crippen LogP contribution in [0.2, 0.25) is 0 Å². The second-order valence-electron chi connectivity index (χ2n) is 11.3. The van der Waals surface area contributed by atoms with E-state index in [1.807, 2.05) is 48.5 Å². The molecule has 5 aromatic rings. The molecule has 46 heavy (non-hydrogen) atoms. The lowest BCUT2D eigenvalue weighted by Crippen LogP contribution is -2.52. The number of benzene rings is 4. The SMILES string of the molecule is CCOC(=O)c1nnn(Cc2ccc(OC)cc2)c1/C=C1\CN(C(c2ccccc2)(c2ccccc2)c2ccccc2)CCC1O. The van der Waals surface area contributed by atoms with E-state index in [-0.39, 0.29) is 12.3 Å². The average molecular weight is 615 g/mol. The van der Waals surface area contributed by atoms with Gasteiger partial charge in [-0.3, -0.25) is 4.90 Å². The van der Waals surface area contributed by atoms with Crippen LogP contribution in [0.3, 0.4) is 0 Å².